The third kappa shape index (κ3) is 5.39. The van der Waals surface area contributed by atoms with Crippen LogP contribution in [0.5, 0.6) is 0 Å². The van der Waals surface area contributed by atoms with E-state index in [1.807, 2.05) is 0 Å². The molecule has 0 atom stereocenters. The van der Waals surface area contributed by atoms with Gasteiger partial charge in [-0.25, -0.2) is 5.90 Å². The van der Waals surface area contributed by atoms with Crippen LogP contribution >= 0.6 is 0 Å². The van der Waals surface area contributed by atoms with Gasteiger partial charge in [-0.3, -0.25) is 5.41 Å². The van der Waals surface area contributed by atoms with Crippen LogP contribution in [-0.2, 0) is 4.84 Å². The molecule has 5 N–H and O–H groups in total. The molecule has 0 amide bonds. The molecular weight excluding hydrogens is 94.1 g/mol. The highest BCUT2D eigenvalue weighted by atomic mass is 16.6. The highest BCUT2D eigenvalue weighted by Crippen LogP contribution is 1.72. The molecule has 7 heavy (non-hydrogen) atoms. The molecule has 0 bridgehead atoms. The molecule has 0 radical (unpaired) electrons. The minimum Gasteiger partial charge on any atom is -0.388 e. The number of amidine groups is 1. The quantitative estimate of drug-likeness (QED) is 0.248. The summed E-state index contributed by atoms with van der Waals surface area (Å²) in [6.45, 7) is 0.329. The van der Waals surface area contributed by atoms with E-state index < -0.39 is 0 Å². The third-order valence-corrected chi connectivity index (χ3v) is 0.489. The summed E-state index contributed by atoms with van der Waals surface area (Å²) in [4.78, 5) is 4.13. The van der Waals surface area contributed by atoms with Crippen LogP contribution in [0.15, 0.2) is 0 Å². The van der Waals surface area contributed by atoms with Crippen molar-refractivity contribution in [2.75, 3.05) is 6.61 Å². The molecule has 0 rings (SSSR count). The van der Waals surface area contributed by atoms with E-state index in [-0.39, 0.29) is 5.84 Å². The van der Waals surface area contributed by atoms with Crippen LogP contribution in [0.1, 0.15) is 6.42 Å². The number of hydrogen-bond donors (Lipinski definition) is 3. The van der Waals surface area contributed by atoms with Gasteiger partial charge in [-0.05, 0) is 0 Å². The van der Waals surface area contributed by atoms with Crippen LogP contribution in [-0.4, -0.2) is 12.4 Å². The van der Waals surface area contributed by atoms with Gasteiger partial charge in [-0.2, -0.15) is 0 Å². The fraction of sp³-hybridized carbons (Fsp3) is 0.667. The van der Waals surface area contributed by atoms with Gasteiger partial charge in [0.2, 0.25) is 0 Å². The van der Waals surface area contributed by atoms with E-state index >= 15 is 0 Å². The first kappa shape index (κ1) is 6.39. The lowest BCUT2D eigenvalue weighted by Gasteiger charge is -1.91. The normalized spacial score (nSPS) is 8.71. The van der Waals surface area contributed by atoms with E-state index in [9.17, 15) is 0 Å². The maximum Gasteiger partial charge on any atom is 0.0929 e. The summed E-state index contributed by atoms with van der Waals surface area (Å²) in [6, 6.07) is 0. The molecule has 4 nitrogen and oxygen atoms in total. The lowest BCUT2D eigenvalue weighted by atomic mass is 10.4. The zero-order valence-corrected chi connectivity index (χ0v) is 3.98. The Balaban J connectivity index is 2.82. The SMILES string of the molecule is N=C(N)CCON. The Bertz CT molecular complexity index is 63.2. The molecule has 0 heterocycles. The predicted molar refractivity (Wildman–Crippen MR) is 26.7 cm³/mol. The van der Waals surface area contributed by atoms with Crippen molar-refractivity contribution in [3.63, 3.8) is 0 Å². The summed E-state index contributed by atoms with van der Waals surface area (Å²) in [5.41, 5.74) is 4.93. The molecule has 0 aliphatic rings. The van der Waals surface area contributed by atoms with Crippen molar-refractivity contribution in [2.45, 2.75) is 6.42 Å². The van der Waals surface area contributed by atoms with Gasteiger partial charge in [0, 0.05) is 6.42 Å². The van der Waals surface area contributed by atoms with Crippen molar-refractivity contribution >= 4 is 5.84 Å². The molecule has 42 valence electrons. The first-order valence-corrected chi connectivity index (χ1v) is 1.92. The van der Waals surface area contributed by atoms with Gasteiger partial charge < -0.3 is 10.6 Å². The highest BCUT2D eigenvalue weighted by molar-refractivity contribution is 5.76. The number of nitrogens with one attached hydrogen (secondary N) is 1. The molecule has 0 aromatic carbocycles. The van der Waals surface area contributed by atoms with E-state index in [1.54, 1.807) is 0 Å². The first-order valence-electron chi connectivity index (χ1n) is 1.92. The zero-order chi connectivity index (χ0) is 5.70. The molecule has 0 saturated carbocycles. The van der Waals surface area contributed by atoms with E-state index in [2.05, 4.69) is 10.7 Å². The molecule has 0 aliphatic carbocycles. The summed E-state index contributed by atoms with van der Waals surface area (Å²) in [6.07, 6.45) is 0.413. The predicted octanol–water partition coefficient (Wildman–Crippen LogP) is -0.797. The summed E-state index contributed by atoms with van der Waals surface area (Å²) in [5, 5.41) is 6.64. The Morgan fingerprint density at radius 3 is 2.43 bits per heavy atom. The van der Waals surface area contributed by atoms with Crippen LogP contribution in [0, 0.1) is 5.41 Å². The van der Waals surface area contributed by atoms with Crippen molar-refractivity contribution in [3.8, 4) is 0 Å². The van der Waals surface area contributed by atoms with Gasteiger partial charge in [0.25, 0.3) is 0 Å². The summed E-state index contributed by atoms with van der Waals surface area (Å²) in [7, 11) is 0. The largest absolute Gasteiger partial charge is 0.388 e. The highest BCUT2D eigenvalue weighted by Gasteiger charge is 1.84. The van der Waals surface area contributed by atoms with Crippen LogP contribution in [0.3, 0.4) is 0 Å². The maximum atomic E-state index is 6.64. The summed E-state index contributed by atoms with van der Waals surface area (Å²) >= 11 is 0. The molecule has 0 spiro atoms. The standard InChI is InChI=1S/C3H9N3O/c4-3(5)1-2-7-6/h1-2,6H2,(H3,4,5). The van der Waals surface area contributed by atoms with Gasteiger partial charge >= 0.3 is 0 Å². The smallest absolute Gasteiger partial charge is 0.0929 e. The lowest BCUT2D eigenvalue weighted by Crippen LogP contribution is -2.14. The maximum absolute atomic E-state index is 6.64. The molecule has 0 unspecified atom stereocenters. The van der Waals surface area contributed by atoms with Crippen LogP contribution in [0.25, 0.3) is 0 Å². The average Bonchev–Trinajstić information content (AvgIpc) is 1.61. The number of nitrogens with two attached hydrogens (primary N) is 2. The third-order valence-electron chi connectivity index (χ3n) is 0.489. The van der Waals surface area contributed by atoms with E-state index in [0.29, 0.717) is 13.0 Å². The van der Waals surface area contributed by atoms with Crippen LogP contribution in [0.4, 0.5) is 0 Å². The molecule has 0 saturated heterocycles. The monoisotopic (exact) mass is 103 g/mol. The minimum absolute atomic E-state index is 0.102. The van der Waals surface area contributed by atoms with E-state index in [4.69, 9.17) is 11.1 Å². The molecule has 0 aromatic rings. The number of hydrogen-bond acceptors (Lipinski definition) is 3. The first-order chi connectivity index (χ1) is 3.27. The minimum atomic E-state index is 0.102. The molecular formula is C3H9N3O. The van der Waals surface area contributed by atoms with Crippen molar-refractivity contribution in [1.82, 2.24) is 0 Å². The van der Waals surface area contributed by atoms with Crippen LogP contribution in [0.2, 0.25) is 0 Å². The van der Waals surface area contributed by atoms with Gasteiger partial charge in [-0.1, -0.05) is 0 Å². The molecule has 0 aromatic heterocycles. The fourth-order valence-corrected chi connectivity index (χ4v) is 0.169. The molecule has 0 fully saturated rings. The molecule has 0 aliphatic heterocycles. The Morgan fingerprint density at radius 1 is 1.71 bits per heavy atom. The average molecular weight is 103 g/mol. The van der Waals surface area contributed by atoms with Crippen molar-refractivity contribution in [2.24, 2.45) is 11.6 Å². The topological polar surface area (TPSA) is 85.1 Å². The molecule has 4 heteroatoms. The second-order valence-electron chi connectivity index (χ2n) is 1.15. The van der Waals surface area contributed by atoms with Gasteiger partial charge in [0.05, 0.1) is 12.4 Å². The van der Waals surface area contributed by atoms with Crippen molar-refractivity contribution < 1.29 is 4.84 Å². The van der Waals surface area contributed by atoms with Gasteiger partial charge in [0.15, 0.2) is 0 Å². The fourth-order valence-electron chi connectivity index (χ4n) is 0.169. The summed E-state index contributed by atoms with van der Waals surface area (Å²) < 4.78 is 0. The second kappa shape index (κ2) is 3.58. The van der Waals surface area contributed by atoms with Crippen LogP contribution < -0.4 is 11.6 Å². The van der Waals surface area contributed by atoms with Crippen molar-refractivity contribution in [3.05, 3.63) is 0 Å². The zero-order valence-electron chi connectivity index (χ0n) is 3.98. The number of rotatable bonds is 3. The Kier molecular flexibility index (Phi) is 3.26. The van der Waals surface area contributed by atoms with E-state index in [1.165, 1.54) is 0 Å². The Morgan fingerprint density at radius 2 is 2.29 bits per heavy atom. The van der Waals surface area contributed by atoms with Gasteiger partial charge in [-0.15, -0.1) is 0 Å². The van der Waals surface area contributed by atoms with E-state index in [0.717, 1.165) is 0 Å². The Labute approximate surface area is 41.9 Å². The summed E-state index contributed by atoms with van der Waals surface area (Å²) in [5.74, 6) is 4.73. The Hall–Kier alpha value is -0.610. The van der Waals surface area contributed by atoms with Crippen molar-refractivity contribution in [1.29, 1.82) is 5.41 Å². The lowest BCUT2D eigenvalue weighted by molar-refractivity contribution is 0.145. The van der Waals surface area contributed by atoms with Gasteiger partial charge in [0.1, 0.15) is 0 Å². The second-order valence-corrected chi connectivity index (χ2v) is 1.15.